The van der Waals surface area contributed by atoms with Crippen molar-refractivity contribution in [3.63, 3.8) is 0 Å². The molecule has 0 amide bonds. The minimum absolute atomic E-state index is 0.0108. The molecule has 2 atom stereocenters. The quantitative estimate of drug-likeness (QED) is 0.544. The number of rotatable bonds is 3. The van der Waals surface area contributed by atoms with Crippen molar-refractivity contribution >= 4 is 0 Å². The number of phenols is 1. The molecular formula is C10H11NO4. The molecule has 1 aromatic carbocycles. The molecule has 0 saturated carbocycles. The fraction of sp³-hybridized carbons (Fsp3) is 0.300. The highest BCUT2D eigenvalue weighted by molar-refractivity contribution is 5.45. The first kappa shape index (κ1) is 11.5. The number of aromatic hydroxyl groups is 1. The van der Waals surface area contributed by atoms with Crippen LogP contribution in [0.15, 0.2) is 18.2 Å². The van der Waals surface area contributed by atoms with Crippen LogP contribution in [0.25, 0.3) is 0 Å². The first-order chi connectivity index (χ1) is 7.10. The van der Waals surface area contributed by atoms with Crippen LogP contribution < -0.4 is 0 Å². The van der Waals surface area contributed by atoms with Crippen LogP contribution in [-0.2, 0) is 0 Å². The smallest absolute Gasteiger partial charge is 0.133 e. The van der Waals surface area contributed by atoms with Crippen molar-refractivity contribution in [2.24, 2.45) is 0 Å². The van der Waals surface area contributed by atoms with Crippen LogP contribution in [0.4, 0.5) is 0 Å². The van der Waals surface area contributed by atoms with Gasteiger partial charge in [-0.3, -0.25) is 0 Å². The normalized spacial score (nSPS) is 14.3. The Morgan fingerprint density at radius 3 is 2.53 bits per heavy atom. The van der Waals surface area contributed by atoms with Gasteiger partial charge in [-0.05, 0) is 17.7 Å². The molecule has 5 nitrogen and oxygen atoms in total. The number of hydrogen-bond donors (Lipinski definition) is 4. The summed E-state index contributed by atoms with van der Waals surface area (Å²) >= 11 is 0. The second-order valence-electron chi connectivity index (χ2n) is 3.08. The number of aliphatic hydroxyl groups excluding tert-OH is 3. The first-order valence-electron chi connectivity index (χ1n) is 4.30. The van der Waals surface area contributed by atoms with E-state index in [1.807, 2.05) is 0 Å². The number of nitriles is 1. The molecule has 80 valence electrons. The van der Waals surface area contributed by atoms with E-state index in [1.54, 1.807) is 6.07 Å². The Kier molecular flexibility index (Phi) is 3.63. The van der Waals surface area contributed by atoms with E-state index < -0.39 is 18.8 Å². The summed E-state index contributed by atoms with van der Waals surface area (Å²) in [4.78, 5) is 0. The van der Waals surface area contributed by atoms with E-state index in [-0.39, 0.29) is 16.9 Å². The fourth-order valence-corrected chi connectivity index (χ4v) is 1.15. The second-order valence-corrected chi connectivity index (χ2v) is 3.08. The molecule has 0 bridgehead atoms. The Morgan fingerprint density at radius 2 is 2.00 bits per heavy atom. The highest BCUT2D eigenvalue weighted by Crippen LogP contribution is 2.23. The maximum absolute atomic E-state index is 9.50. The number of hydrogen-bond acceptors (Lipinski definition) is 5. The van der Waals surface area contributed by atoms with Gasteiger partial charge < -0.3 is 20.4 Å². The average Bonchev–Trinajstić information content (AvgIpc) is 2.27. The molecule has 0 aromatic heterocycles. The number of aliphatic hydroxyl groups is 3. The number of nitrogens with zero attached hydrogens (tertiary/aromatic N) is 1. The Morgan fingerprint density at radius 1 is 1.33 bits per heavy atom. The van der Waals surface area contributed by atoms with Crippen molar-refractivity contribution in [3.8, 4) is 11.8 Å². The van der Waals surface area contributed by atoms with Crippen LogP contribution in [0.5, 0.6) is 5.75 Å². The van der Waals surface area contributed by atoms with E-state index in [0.717, 1.165) is 0 Å². The molecule has 4 N–H and O–H groups in total. The fourth-order valence-electron chi connectivity index (χ4n) is 1.15. The zero-order valence-electron chi connectivity index (χ0n) is 7.83. The van der Waals surface area contributed by atoms with Crippen LogP contribution in [0.3, 0.4) is 0 Å². The van der Waals surface area contributed by atoms with Gasteiger partial charge in [0.05, 0.1) is 12.2 Å². The van der Waals surface area contributed by atoms with E-state index in [0.29, 0.717) is 0 Å². The molecule has 1 rings (SSSR count). The van der Waals surface area contributed by atoms with Gasteiger partial charge in [-0.1, -0.05) is 6.07 Å². The molecule has 1 aromatic rings. The van der Waals surface area contributed by atoms with Crippen molar-refractivity contribution in [2.75, 3.05) is 6.61 Å². The molecular weight excluding hydrogens is 198 g/mol. The summed E-state index contributed by atoms with van der Waals surface area (Å²) in [5.41, 5.74) is 0.280. The number of phenolic OH excluding ortho intramolecular Hbond substituents is 1. The third kappa shape index (κ3) is 2.44. The molecule has 0 saturated heterocycles. The van der Waals surface area contributed by atoms with Gasteiger partial charge in [-0.15, -0.1) is 0 Å². The highest BCUT2D eigenvalue weighted by Gasteiger charge is 2.18. The topological polar surface area (TPSA) is 105 Å². The van der Waals surface area contributed by atoms with Gasteiger partial charge in [-0.2, -0.15) is 5.26 Å². The van der Waals surface area contributed by atoms with E-state index >= 15 is 0 Å². The Labute approximate surface area is 86.5 Å². The number of benzene rings is 1. The van der Waals surface area contributed by atoms with Gasteiger partial charge in [0.2, 0.25) is 0 Å². The third-order valence-electron chi connectivity index (χ3n) is 2.03. The van der Waals surface area contributed by atoms with E-state index in [4.69, 9.17) is 15.5 Å². The van der Waals surface area contributed by atoms with Crippen LogP contribution >= 0.6 is 0 Å². The minimum atomic E-state index is -1.30. The van der Waals surface area contributed by atoms with E-state index in [2.05, 4.69) is 0 Å². The zero-order valence-corrected chi connectivity index (χ0v) is 7.83. The Balaban J connectivity index is 3.02. The Hall–Kier alpha value is -1.61. The second kappa shape index (κ2) is 4.75. The summed E-state index contributed by atoms with van der Waals surface area (Å²) in [5, 5.41) is 45.1. The predicted molar refractivity (Wildman–Crippen MR) is 50.9 cm³/mol. The summed E-state index contributed by atoms with van der Waals surface area (Å²) in [6.07, 6.45) is -2.58. The van der Waals surface area contributed by atoms with Gasteiger partial charge >= 0.3 is 0 Å². The maximum Gasteiger partial charge on any atom is 0.133 e. The van der Waals surface area contributed by atoms with E-state index in [1.165, 1.54) is 18.2 Å². The van der Waals surface area contributed by atoms with Crippen LogP contribution in [0, 0.1) is 11.3 Å². The van der Waals surface area contributed by atoms with Crippen LogP contribution in [-0.4, -0.2) is 33.1 Å². The van der Waals surface area contributed by atoms with Crippen LogP contribution in [0.1, 0.15) is 17.2 Å². The maximum atomic E-state index is 9.50. The lowest BCUT2D eigenvalue weighted by atomic mass is 10.0. The highest BCUT2D eigenvalue weighted by atomic mass is 16.4. The minimum Gasteiger partial charge on any atom is -0.507 e. The van der Waals surface area contributed by atoms with Gasteiger partial charge in [0.15, 0.2) is 0 Å². The Bertz CT molecular complexity index is 385. The lowest BCUT2D eigenvalue weighted by Crippen LogP contribution is -2.22. The predicted octanol–water partition coefficient (Wildman–Crippen LogP) is -0.350. The third-order valence-corrected chi connectivity index (χ3v) is 2.03. The average molecular weight is 209 g/mol. The molecule has 15 heavy (non-hydrogen) atoms. The molecule has 0 fully saturated rings. The lowest BCUT2D eigenvalue weighted by molar-refractivity contribution is -0.0152. The SMILES string of the molecule is N#Cc1cc(C(O)C(O)CO)ccc1O. The summed E-state index contributed by atoms with van der Waals surface area (Å²) < 4.78 is 0. The monoisotopic (exact) mass is 209 g/mol. The summed E-state index contributed by atoms with van der Waals surface area (Å²) in [5.74, 6) is -0.188. The van der Waals surface area contributed by atoms with Gasteiger partial charge in [0.1, 0.15) is 24.0 Å². The lowest BCUT2D eigenvalue weighted by Gasteiger charge is -2.16. The zero-order chi connectivity index (χ0) is 11.4. The van der Waals surface area contributed by atoms with Crippen molar-refractivity contribution in [1.82, 2.24) is 0 Å². The molecule has 0 aliphatic heterocycles. The van der Waals surface area contributed by atoms with Gasteiger partial charge in [0, 0.05) is 0 Å². The molecule has 0 heterocycles. The van der Waals surface area contributed by atoms with Gasteiger partial charge in [-0.25, -0.2) is 0 Å². The standard InChI is InChI=1S/C10H11NO4/c11-4-7-3-6(1-2-8(7)13)10(15)9(14)5-12/h1-3,9-10,12-15H,5H2. The molecule has 0 radical (unpaired) electrons. The van der Waals surface area contributed by atoms with Crippen molar-refractivity contribution < 1.29 is 20.4 Å². The first-order valence-corrected chi connectivity index (χ1v) is 4.30. The molecule has 0 spiro atoms. The summed E-state index contributed by atoms with van der Waals surface area (Å²) in [6.45, 7) is -0.579. The molecule has 5 heteroatoms. The van der Waals surface area contributed by atoms with Gasteiger partial charge in [0.25, 0.3) is 0 Å². The molecule has 0 aliphatic rings. The molecule has 0 aliphatic carbocycles. The van der Waals surface area contributed by atoms with Crippen LogP contribution in [0.2, 0.25) is 0 Å². The van der Waals surface area contributed by atoms with Crippen molar-refractivity contribution in [3.05, 3.63) is 29.3 Å². The largest absolute Gasteiger partial charge is 0.507 e. The summed E-state index contributed by atoms with van der Waals surface area (Å²) in [6, 6.07) is 5.63. The van der Waals surface area contributed by atoms with Crippen molar-refractivity contribution in [2.45, 2.75) is 12.2 Å². The van der Waals surface area contributed by atoms with Crippen molar-refractivity contribution in [1.29, 1.82) is 5.26 Å². The summed E-state index contributed by atoms with van der Waals surface area (Å²) in [7, 11) is 0. The molecule has 2 unspecified atom stereocenters. The van der Waals surface area contributed by atoms with E-state index in [9.17, 15) is 10.2 Å².